The van der Waals surface area contributed by atoms with Crippen LogP contribution >= 0.6 is 15.9 Å². The molecule has 0 radical (unpaired) electrons. The van der Waals surface area contributed by atoms with Crippen molar-refractivity contribution in [3.8, 4) is 0 Å². The minimum Gasteiger partial charge on any atom is -0.299 e. The molecule has 0 aromatic heterocycles. The number of halogens is 1. The smallest absolute Gasteiger partial charge is 0.0245 e. The molecule has 0 amide bonds. The molecule has 1 saturated heterocycles. The molecule has 88 valence electrons. The summed E-state index contributed by atoms with van der Waals surface area (Å²) in [5, 5.41) is 0. The van der Waals surface area contributed by atoms with E-state index < -0.39 is 0 Å². The third-order valence-corrected chi connectivity index (χ3v) is 4.07. The summed E-state index contributed by atoms with van der Waals surface area (Å²) in [6.45, 7) is 8.29. The standard InChI is InChI=1S/C14H20BrN/c1-11-7-12(2)9-16(8-11)10-13-5-3-4-6-14(13)15/h3-6,11-12H,7-10H2,1-2H3/t11-,12+. The highest BCUT2D eigenvalue weighted by atomic mass is 79.9. The van der Waals surface area contributed by atoms with Crippen LogP contribution in [0.3, 0.4) is 0 Å². The minimum absolute atomic E-state index is 0.839. The van der Waals surface area contributed by atoms with Crippen molar-refractivity contribution in [3.63, 3.8) is 0 Å². The SMILES string of the molecule is C[C@@H]1C[C@H](C)CN(Cc2ccccc2Br)C1. The maximum absolute atomic E-state index is 3.63. The van der Waals surface area contributed by atoms with Crippen molar-refractivity contribution < 1.29 is 0 Å². The summed E-state index contributed by atoms with van der Waals surface area (Å²) in [6.07, 6.45) is 1.38. The molecule has 1 aliphatic rings. The minimum atomic E-state index is 0.839. The van der Waals surface area contributed by atoms with E-state index in [1.165, 1.54) is 29.5 Å². The lowest BCUT2D eigenvalue weighted by molar-refractivity contribution is 0.134. The molecule has 0 saturated carbocycles. The van der Waals surface area contributed by atoms with E-state index in [1.54, 1.807) is 0 Å². The van der Waals surface area contributed by atoms with Crippen LogP contribution in [0.25, 0.3) is 0 Å². The molecule has 0 bridgehead atoms. The normalized spacial score (nSPS) is 26.9. The summed E-state index contributed by atoms with van der Waals surface area (Å²) in [5.41, 5.74) is 1.41. The predicted octanol–water partition coefficient (Wildman–Crippen LogP) is 3.93. The van der Waals surface area contributed by atoms with E-state index in [9.17, 15) is 0 Å². The lowest BCUT2D eigenvalue weighted by Crippen LogP contribution is -2.38. The van der Waals surface area contributed by atoms with E-state index >= 15 is 0 Å². The van der Waals surface area contributed by atoms with Crippen molar-refractivity contribution >= 4 is 15.9 Å². The van der Waals surface area contributed by atoms with Crippen molar-refractivity contribution in [1.82, 2.24) is 4.90 Å². The molecule has 16 heavy (non-hydrogen) atoms. The predicted molar refractivity (Wildman–Crippen MR) is 72.4 cm³/mol. The number of benzene rings is 1. The first-order valence-corrected chi connectivity index (χ1v) is 6.90. The molecule has 2 atom stereocenters. The maximum Gasteiger partial charge on any atom is 0.0245 e. The highest BCUT2D eigenvalue weighted by molar-refractivity contribution is 9.10. The van der Waals surface area contributed by atoms with Gasteiger partial charge in [-0.25, -0.2) is 0 Å². The van der Waals surface area contributed by atoms with Gasteiger partial charge in [0.2, 0.25) is 0 Å². The largest absolute Gasteiger partial charge is 0.299 e. The second-order valence-electron chi connectivity index (χ2n) is 5.23. The lowest BCUT2D eigenvalue weighted by Gasteiger charge is -2.35. The van der Waals surface area contributed by atoms with Crippen LogP contribution in [0.4, 0.5) is 0 Å². The number of rotatable bonds is 2. The Kier molecular flexibility index (Phi) is 4.04. The van der Waals surface area contributed by atoms with Gasteiger partial charge in [-0.2, -0.15) is 0 Å². The Labute approximate surface area is 107 Å². The van der Waals surface area contributed by atoms with E-state index in [4.69, 9.17) is 0 Å². The van der Waals surface area contributed by atoms with Gasteiger partial charge in [-0.3, -0.25) is 4.90 Å². The van der Waals surface area contributed by atoms with Gasteiger partial charge >= 0.3 is 0 Å². The quantitative estimate of drug-likeness (QED) is 0.794. The molecular weight excluding hydrogens is 262 g/mol. The van der Waals surface area contributed by atoms with Crippen LogP contribution < -0.4 is 0 Å². The van der Waals surface area contributed by atoms with Crippen LogP contribution in [0.5, 0.6) is 0 Å². The molecule has 0 N–H and O–H groups in total. The average Bonchev–Trinajstić information content (AvgIpc) is 2.20. The molecule has 1 aliphatic heterocycles. The fourth-order valence-electron chi connectivity index (χ4n) is 2.79. The van der Waals surface area contributed by atoms with Crippen molar-refractivity contribution in [1.29, 1.82) is 0 Å². The van der Waals surface area contributed by atoms with Crippen molar-refractivity contribution in [2.75, 3.05) is 13.1 Å². The third kappa shape index (κ3) is 3.08. The number of hydrogen-bond donors (Lipinski definition) is 0. The van der Waals surface area contributed by atoms with E-state index in [0.717, 1.165) is 18.4 Å². The first-order chi connectivity index (χ1) is 7.65. The van der Waals surface area contributed by atoms with Gasteiger partial charge in [0.15, 0.2) is 0 Å². The zero-order chi connectivity index (χ0) is 11.5. The van der Waals surface area contributed by atoms with E-state index in [-0.39, 0.29) is 0 Å². The van der Waals surface area contributed by atoms with Crippen LogP contribution in [0.1, 0.15) is 25.8 Å². The number of likely N-dealkylation sites (tertiary alicyclic amines) is 1. The maximum atomic E-state index is 3.63. The molecule has 1 nitrogen and oxygen atoms in total. The Bertz CT molecular complexity index is 340. The Morgan fingerprint density at radius 2 is 1.81 bits per heavy atom. The first-order valence-electron chi connectivity index (χ1n) is 6.11. The van der Waals surface area contributed by atoms with Crippen molar-refractivity contribution in [2.24, 2.45) is 11.8 Å². The molecule has 2 rings (SSSR count). The van der Waals surface area contributed by atoms with Crippen LogP contribution in [0.2, 0.25) is 0 Å². The van der Waals surface area contributed by atoms with E-state index in [2.05, 4.69) is 58.9 Å². The second-order valence-corrected chi connectivity index (χ2v) is 6.09. The Morgan fingerprint density at radius 1 is 1.19 bits per heavy atom. The second kappa shape index (κ2) is 5.33. The van der Waals surface area contributed by atoms with Crippen LogP contribution in [-0.4, -0.2) is 18.0 Å². The monoisotopic (exact) mass is 281 g/mol. The van der Waals surface area contributed by atoms with Gasteiger partial charge in [0.1, 0.15) is 0 Å². The summed E-state index contributed by atoms with van der Waals surface area (Å²) in [4.78, 5) is 2.58. The number of piperidine rings is 1. The van der Waals surface area contributed by atoms with Gasteiger partial charge in [0, 0.05) is 24.1 Å². The van der Waals surface area contributed by atoms with Crippen LogP contribution in [0.15, 0.2) is 28.7 Å². The molecule has 0 aliphatic carbocycles. The van der Waals surface area contributed by atoms with Gasteiger partial charge in [0.25, 0.3) is 0 Å². The zero-order valence-corrected chi connectivity index (χ0v) is 11.7. The van der Waals surface area contributed by atoms with Crippen molar-refractivity contribution in [3.05, 3.63) is 34.3 Å². The van der Waals surface area contributed by atoms with Gasteiger partial charge in [-0.1, -0.05) is 48.0 Å². The van der Waals surface area contributed by atoms with Crippen molar-refractivity contribution in [2.45, 2.75) is 26.8 Å². The summed E-state index contributed by atoms with van der Waals surface area (Å²) < 4.78 is 1.24. The summed E-state index contributed by atoms with van der Waals surface area (Å²) in [6, 6.07) is 8.55. The van der Waals surface area contributed by atoms with Crippen LogP contribution in [0, 0.1) is 11.8 Å². The molecule has 2 heteroatoms. The van der Waals surface area contributed by atoms with Gasteiger partial charge in [-0.15, -0.1) is 0 Å². The molecule has 1 fully saturated rings. The fourth-order valence-corrected chi connectivity index (χ4v) is 3.20. The van der Waals surface area contributed by atoms with Crippen LogP contribution in [-0.2, 0) is 6.54 Å². The lowest BCUT2D eigenvalue weighted by atomic mass is 9.91. The highest BCUT2D eigenvalue weighted by Gasteiger charge is 2.21. The Morgan fingerprint density at radius 3 is 2.44 bits per heavy atom. The molecular formula is C14H20BrN. The van der Waals surface area contributed by atoms with Gasteiger partial charge in [0.05, 0.1) is 0 Å². The molecule has 0 spiro atoms. The Hall–Kier alpha value is -0.340. The zero-order valence-electron chi connectivity index (χ0n) is 10.1. The van der Waals surface area contributed by atoms with Gasteiger partial charge < -0.3 is 0 Å². The molecule has 0 unspecified atom stereocenters. The number of hydrogen-bond acceptors (Lipinski definition) is 1. The summed E-state index contributed by atoms with van der Waals surface area (Å²) >= 11 is 3.63. The topological polar surface area (TPSA) is 3.24 Å². The van der Waals surface area contributed by atoms with E-state index in [0.29, 0.717) is 0 Å². The molecule has 1 aromatic rings. The number of nitrogens with zero attached hydrogens (tertiary/aromatic N) is 1. The average molecular weight is 282 g/mol. The highest BCUT2D eigenvalue weighted by Crippen LogP contribution is 2.24. The first kappa shape index (κ1) is 12.1. The van der Waals surface area contributed by atoms with Gasteiger partial charge in [-0.05, 0) is 29.9 Å². The fraction of sp³-hybridized carbons (Fsp3) is 0.571. The third-order valence-electron chi connectivity index (χ3n) is 3.30. The molecule has 1 aromatic carbocycles. The Balaban J connectivity index is 2.02. The summed E-state index contributed by atoms with van der Waals surface area (Å²) in [7, 11) is 0. The summed E-state index contributed by atoms with van der Waals surface area (Å²) in [5.74, 6) is 1.68. The molecule has 1 heterocycles. The van der Waals surface area contributed by atoms with E-state index in [1.807, 2.05) is 0 Å².